The summed E-state index contributed by atoms with van der Waals surface area (Å²) < 4.78 is 0. The molecule has 2 aromatic rings. The Hall–Kier alpha value is -2.54. The van der Waals surface area contributed by atoms with Crippen molar-refractivity contribution in [3.8, 4) is 0 Å². The van der Waals surface area contributed by atoms with Crippen molar-refractivity contribution in [2.75, 3.05) is 30.5 Å². The summed E-state index contributed by atoms with van der Waals surface area (Å²) in [5.41, 5.74) is 1.53. The average Bonchev–Trinajstić information content (AvgIpc) is 2.57. The number of anilines is 2. The monoisotopic (exact) mass is 344 g/mol. The van der Waals surface area contributed by atoms with Crippen LogP contribution >= 0.6 is 11.8 Å². The molecule has 24 heavy (non-hydrogen) atoms. The number of carbonyl (C=O) groups is 2. The number of amides is 3. The number of aromatic nitrogens is 1. The number of hydrogen-bond donors (Lipinski definition) is 2. The van der Waals surface area contributed by atoms with Crippen LogP contribution in [0.25, 0.3) is 0 Å². The molecule has 0 saturated heterocycles. The Morgan fingerprint density at radius 1 is 1.08 bits per heavy atom. The summed E-state index contributed by atoms with van der Waals surface area (Å²) >= 11 is 1.62. The van der Waals surface area contributed by atoms with Crippen LogP contribution in [-0.4, -0.2) is 41.7 Å². The molecule has 1 aromatic heterocycles. The number of thioether (sulfide) groups is 1. The van der Waals surface area contributed by atoms with E-state index in [9.17, 15) is 9.59 Å². The molecule has 7 heteroatoms. The standard InChI is InChI=1S/C17H20N4O2S/c1-4-24-15-10-9-12(11-18-15)16(22)19-13-7-5-6-8-14(13)20-17(23)21(2)3/h5-11H,4H2,1-3H3,(H,19,22)(H,20,23). The molecule has 0 radical (unpaired) electrons. The van der Waals surface area contributed by atoms with Crippen LogP contribution in [0.4, 0.5) is 16.2 Å². The van der Waals surface area contributed by atoms with Gasteiger partial charge < -0.3 is 15.5 Å². The number of rotatable bonds is 5. The second-order valence-corrected chi connectivity index (χ2v) is 6.43. The van der Waals surface area contributed by atoms with Gasteiger partial charge in [0, 0.05) is 20.3 Å². The van der Waals surface area contributed by atoms with Crippen LogP contribution in [0.2, 0.25) is 0 Å². The highest BCUT2D eigenvalue weighted by Crippen LogP contribution is 2.22. The van der Waals surface area contributed by atoms with E-state index >= 15 is 0 Å². The molecule has 0 bridgehead atoms. The third kappa shape index (κ3) is 4.73. The fourth-order valence-corrected chi connectivity index (χ4v) is 2.46. The molecule has 0 aliphatic heterocycles. The predicted molar refractivity (Wildman–Crippen MR) is 97.7 cm³/mol. The quantitative estimate of drug-likeness (QED) is 0.814. The third-order valence-corrected chi connectivity index (χ3v) is 3.94. The molecule has 0 atom stereocenters. The maximum Gasteiger partial charge on any atom is 0.321 e. The first-order valence-electron chi connectivity index (χ1n) is 7.48. The molecule has 3 amide bonds. The van der Waals surface area contributed by atoms with Crippen LogP contribution in [0.3, 0.4) is 0 Å². The molecular weight excluding hydrogens is 324 g/mol. The lowest BCUT2D eigenvalue weighted by Crippen LogP contribution is -2.28. The summed E-state index contributed by atoms with van der Waals surface area (Å²) in [6.07, 6.45) is 1.55. The Kier molecular flexibility index (Phi) is 6.20. The fourth-order valence-electron chi connectivity index (χ4n) is 1.87. The van der Waals surface area contributed by atoms with Crippen molar-refractivity contribution < 1.29 is 9.59 Å². The van der Waals surface area contributed by atoms with E-state index in [1.165, 1.54) is 4.90 Å². The number of para-hydroxylation sites is 2. The Balaban J connectivity index is 2.12. The topological polar surface area (TPSA) is 74.3 Å². The van der Waals surface area contributed by atoms with E-state index in [4.69, 9.17) is 0 Å². The van der Waals surface area contributed by atoms with Crippen LogP contribution in [0.1, 0.15) is 17.3 Å². The fraction of sp³-hybridized carbons (Fsp3) is 0.235. The molecule has 0 spiro atoms. The van der Waals surface area contributed by atoms with Crippen LogP contribution < -0.4 is 10.6 Å². The number of urea groups is 1. The second-order valence-electron chi connectivity index (χ2n) is 5.14. The van der Waals surface area contributed by atoms with E-state index in [-0.39, 0.29) is 11.9 Å². The van der Waals surface area contributed by atoms with Gasteiger partial charge in [-0.25, -0.2) is 9.78 Å². The van der Waals surface area contributed by atoms with Crippen LogP contribution in [-0.2, 0) is 0 Å². The van der Waals surface area contributed by atoms with Crippen molar-refractivity contribution in [1.82, 2.24) is 9.88 Å². The first-order valence-corrected chi connectivity index (χ1v) is 8.47. The number of nitrogens with one attached hydrogen (secondary N) is 2. The molecule has 1 aromatic carbocycles. The lowest BCUT2D eigenvalue weighted by Gasteiger charge is -2.15. The SMILES string of the molecule is CCSc1ccc(C(=O)Nc2ccccc2NC(=O)N(C)C)cn1. The van der Waals surface area contributed by atoms with Gasteiger partial charge in [0.25, 0.3) is 5.91 Å². The van der Waals surface area contributed by atoms with Crippen molar-refractivity contribution in [2.24, 2.45) is 0 Å². The zero-order valence-corrected chi connectivity index (χ0v) is 14.7. The molecule has 0 unspecified atom stereocenters. The molecule has 0 saturated carbocycles. The molecule has 2 rings (SSSR count). The molecule has 6 nitrogen and oxygen atoms in total. The summed E-state index contributed by atoms with van der Waals surface area (Å²) in [5.74, 6) is 0.652. The van der Waals surface area contributed by atoms with E-state index in [1.54, 1.807) is 62.4 Å². The van der Waals surface area contributed by atoms with Gasteiger partial charge in [-0.15, -0.1) is 11.8 Å². The normalized spacial score (nSPS) is 10.1. The van der Waals surface area contributed by atoms with Crippen molar-refractivity contribution in [1.29, 1.82) is 0 Å². The summed E-state index contributed by atoms with van der Waals surface area (Å²) in [6.45, 7) is 2.05. The van der Waals surface area contributed by atoms with Crippen LogP contribution in [0.5, 0.6) is 0 Å². The number of nitrogens with zero attached hydrogens (tertiary/aromatic N) is 2. The van der Waals surface area contributed by atoms with Gasteiger partial charge in [0.05, 0.1) is 22.0 Å². The highest BCUT2D eigenvalue weighted by Gasteiger charge is 2.12. The van der Waals surface area contributed by atoms with E-state index in [1.807, 2.05) is 13.0 Å². The lowest BCUT2D eigenvalue weighted by molar-refractivity contribution is 0.102. The number of carbonyl (C=O) groups excluding carboxylic acids is 2. The summed E-state index contributed by atoms with van der Waals surface area (Å²) in [6, 6.07) is 10.3. The minimum atomic E-state index is -0.276. The van der Waals surface area contributed by atoms with E-state index in [0.717, 1.165) is 10.8 Å². The first-order chi connectivity index (χ1) is 11.5. The van der Waals surface area contributed by atoms with Gasteiger partial charge in [0.15, 0.2) is 0 Å². The summed E-state index contributed by atoms with van der Waals surface area (Å²) in [5, 5.41) is 6.43. The van der Waals surface area contributed by atoms with Gasteiger partial charge >= 0.3 is 6.03 Å². The number of benzene rings is 1. The number of pyridine rings is 1. The van der Waals surface area contributed by atoms with Gasteiger partial charge in [-0.3, -0.25) is 4.79 Å². The summed E-state index contributed by atoms with van der Waals surface area (Å²) in [7, 11) is 3.30. The Labute approximate surface area is 145 Å². The molecule has 1 heterocycles. The maximum atomic E-state index is 12.4. The summed E-state index contributed by atoms with van der Waals surface area (Å²) in [4.78, 5) is 29.9. The van der Waals surface area contributed by atoms with Crippen molar-refractivity contribution in [3.63, 3.8) is 0 Å². The molecular formula is C17H20N4O2S. The molecule has 2 N–H and O–H groups in total. The first kappa shape index (κ1) is 17.8. The molecule has 0 aliphatic rings. The Morgan fingerprint density at radius 2 is 1.75 bits per heavy atom. The van der Waals surface area contributed by atoms with Crippen molar-refractivity contribution in [2.45, 2.75) is 11.9 Å². The van der Waals surface area contributed by atoms with E-state index in [2.05, 4.69) is 15.6 Å². The van der Waals surface area contributed by atoms with Gasteiger partial charge in [0.1, 0.15) is 0 Å². The maximum absolute atomic E-state index is 12.4. The number of hydrogen-bond acceptors (Lipinski definition) is 4. The van der Waals surface area contributed by atoms with Gasteiger partial charge in [-0.05, 0) is 30.0 Å². The van der Waals surface area contributed by atoms with Crippen molar-refractivity contribution >= 4 is 35.1 Å². The van der Waals surface area contributed by atoms with Crippen molar-refractivity contribution in [3.05, 3.63) is 48.2 Å². The van der Waals surface area contributed by atoms with E-state index in [0.29, 0.717) is 16.9 Å². The van der Waals surface area contributed by atoms with Gasteiger partial charge in [-0.2, -0.15) is 0 Å². The van der Waals surface area contributed by atoms with E-state index < -0.39 is 0 Å². The van der Waals surface area contributed by atoms with Gasteiger partial charge in [0.2, 0.25) is 0 Å². The zero-order chi connectivity index (χ0) is 17.5. The zero-order valence-electron chi connectivity index (χ0n) is 13.9. The highest BCUT2D eigenvalue weighted by molar-refractivity contribution is 7.99. The van der Waals surface area contributed by atoms with Crippen LogP contribution in [0, 0.1) is 0 Å². The highest BCUT2D eigenvalue weighted by atomic mass is 32.2. The van der Waals surface area contributed by atoms with Crippen LogP contribution in [0.15, 0.2) is 47.6 Å². The minimum Gasteiger partial charge on any atom is -0.331 e. The Bertz CT molecular complexity index is 717. The predicted octanol–water partition coefficient (Wildman–Crippen LogP) is 3.54. The molecule has 126 valence electrons. The molecule has 0 aliphatic carbocycles. The third-order valence-electron chi connectivity index (χ3n) is 3.11. The minimum absolute atomic E-state index is 0.265. The molecule has 0 fully saturated rings. The van der Waals surface area contributed by atoms with Gasteiger partial charge in [-0.1, -0.05) is 19.1 Å². The average molecular weight is 344 g/mol. The lowest BCUT2D eigenvalue weighted by atomic mass is 10.2. The largest absolute Gasteiger partial charge is 0.331 e. The smallest absolute Gasteiger partial charge is 0.321 e. The Morgan fingerprint density at radius 3 is 2.29 bits per heavy atom. The second kappa shape index (κ2) is 8.35.